The quantitative estimate of drug-likeness (QED) is 0.606. The number of nitrogens with one attached hydrogen (secondary N) is 1. The maximum Gasteiger partial charge on any atom is 0.308 e. The number of carboxylic acids is 1. The van der Waals surface area contributed by atoms with Crippen molar-refractivity contribution in [1.29, 1.82) is 0 Å². The summed E-state index contributed by atoms with van der Waals surface area (Å²) in [5.74, 6) is -1.20. The Bertz CT molecular complexity index is 230. The third kappa shape index (κ3) is 3.18. The Hall–Kier alpha value is -1.32. The fourth-order valence-electron chi connectivity index (χ4n) is 0.823. The van der Waals surface area contributed by atoms with Crippen molar-refractivity contribution in [3.8, 4) is 0 Å². The van der Waals surface area contributed by atoms with E-state index in [1.54, 1.807) is 14.0 Å². The molecule has 68 valence electrons. The third-order valence-electron chi connectivity index (χ3n) is 1.58. The first-order valence-electron chi connectivity index (χ1n) is 3.59. The van der Waals surface area contributed by atoms with Crippen LogP contribution in [0.1, 0.15) is 20.3 Å². The summed E-state index contributed by atoms with van der Waals surface area (Å²) >= 11 is 0. The maximum absolute atomic E-state index is 10.9. The van der Waals surface area contributed by atoms with Crippen molar-refractivity contribution in [3.05, 3.63) is 11.3 Å². The minimum absolute atomic E-state index is 0.204. The summed E-state index contributed by atoms with van der Waals surface area (Å²) in [6.45, 7) is 3.04. The Morgan fingerprint density at radius 1 is 1.33 bits per heavy atom. The van der Waals surface area contributed by atoms with Crippen molar-refractivity contribution in [1.82, 2.24) is 5.32 Å². The largest absolute Gasteiger partial charge is 0.481 e. The van der Waals surface area contributed by atoms with Crippen molar-refractivity contribution >= 4 is 11.8 Å². The molecular weight excluding hydrogens is 158 g/mol. The molecule has 0 unspecified atom stereocenters. The molecule has 0 rings (SSSR count). The van der Waals surface area contributed by atoms with Crippen LogP contribution in [-0.2, 0) is 9.59 Å². The van der Waals surface area contributed by atoms with E-state index in [2.05, 4.69) is 5.32 Å². The Morgan fingerprint density at radius 3 is 2.08 bits per heavy atom. The molecule has 0 fully saturated rings. The number of Topliss-reactive ketones (excluding diaryl/α,β-unsaturated/α-hetero) is 1. The monoisotopic (exact) mass is 171 g/mol. The van der Waals surface area contributed by atoms with E-state index in [9.17, 15) is 9.59 Å². The van der Waals surface area contributed by atoms with Gasteiger partial charge in [-0.25, -0.2) is 0 Å². The summed E-state index contributed by atoms with van der Waals surface area (Å²) in [6.07, 6.45) is -0.220. The van der Waals surface area contributed by atoms with Gasteiger partial charge in [0.15, 0.2) is 5.78 Å². The minimum atomic E-state index is -0.991. The molecule has 0 radical (unpaired) electrons. The standard InChI is InChI=1S/C8H13NO3/c1-5(9-3)7(6(2)10)4-8(11)12/h9H,4H2,1-3H3,(H,11,12). The van der Waals surface area contributed by atoms with Gasteiger partial charge in [0.2, 0.25) is 0 Å². The van der Waals surface area contributed by atoms with E-state index < -0.39 is 5.97 Å². The number of carbonyl (C=O) groups is 2. The first kappa shape index (κ1) is 10.7. The van der Waals surface area contributed by atoms with Gasteiger partial charge in [0.25, 0.3) is 0 Å². The zero-order valence-corrected chi connectivity index (χ0v) is 7.47. The fourth-order valence-corrected chi connectivity index (χ4v) is 0.823. The van der Waals surface area contributed by atoms with Gasteiger partial charge in [-0.15, -0.1) is 0 Å². The van der Waals surface area contributed by atoms with Gasteiger partial charge in [0, 0.05) is 18.3 Å². The van der Waals surface area contributed by atoms with Gasteiger partial charge < -0.3 is 10.4 Å². The van der Waals surface area contributed by atoms with Crippen LogP contribution in [0, 0.1) is 0 Å². The smallest absolute Gasteiger partial charge is 0.308 e. The number of aliphatic carboxylic acids is 1. The Kier molecular flexibility index (Phi) is 4.04. The molecule has 0 spiro atoms. The second-order valence-corrected chi connectivity index (χ2v) is 2.48. The van der Waals surface area contributed by atoms with E-state index in [0.29, 0.717) is 11.3 Å². The Labute approximate surface area is 71.3 Å². The van der Waals surface area contributed by atoms with E-state index in [0.717, 1.165) is 0 Å². The van der Waals surface area contributed by atoms with Crippen LogP contribution in [0.5, 0.6) is 0 Å². The molecule has 0 aliphatic rings. The molecule has 12 heavy (non-hydrogen) atoms. The van der Waals surface area contributed by atoms with Crippen molar-refractivity contribution in [2.75, 3.05) is 7.05 Å². The van der Waals surface area contributed by atoms with Crippen LogP contribution in [0.3, 0.4) is 0 Å². The van der Waals surface area contributed by atoms with Crippen LogP contribution < -0.4 is 5.32 Å². The van der Waals surface area contributed by atoms with Crippen molar-refractivity contribution < 1.29 is 14.7 Å². The van der Waals surface area contributed by atoms with E-state index in [1.165, 1.54) is 6.92 Å². The van der Waals surface area contributed by atoms with Crippen LogP contribution in [0.15, 0.2) is 11.3 Å². The lowest BCUT2D eigenvalue weighted by Crippen LogP contribution is -2.13. The highest BCUT2D eigenvalue weighted by molar-refractivity contribution is 5.97. The summed E-state index contributed by atoms with van der Waals surface area (Å²) in [5.41, 5.74) is 0.940. The zero-order chi connectivity index (χ0) is 9.72. The van der Waals surface area contributed by atoms with Crippen molar-refractivity contribution in [3.63, 3.8) is 0 Å². The summed E-state index contributed by atoms with van der Waals surface area (Å²) in [5, 5.41) is 11.2. The highest BCUT2D eigenvalue weighted by Crippen LogP contribution is 2.07. The van der Waals surface area contributed by atoms with Crippen molar-refractivity contribution in [2.45, 2.75) is 20.3 Å². The van der Waals surface area contributed by atoms with E-state index in [-0.39, 0.29) is 12.2 Å². The summed E-state index contributed by atoms with van der Waals surface area (Å²) in [6, 6.07) is 0. The van der Waals surface area contributed by atoms with Crippen LogP contribution in [-0.4, -0.2) is 23.9 Å². The first-order chi connectivity index (χ1) is 5.49. The van der Waals surface area contributed by atoms with Crippen LogP contribution in [0.4, 0.5) is 0 Å². The maximum atomic E-state index is 10.9. The van der Waals surface area contributed by atoms with Gasteiger partial charge in [-0.1, -0.05) is 0 Å². The van der Waals surface area contributed by atoms with Gasteiger partial charge in [-0.05, 0) is 13.8 Å². The molecule has 2 N–H and O–H groups in total. The lowest BCUT2D eigenvalue weighted by atomic mass is 10.1. The molecule has 4 heteroatoms. The molecule has 0 bridgehead atoms. The van der Waals surface area contributed by atoms with Gasteiger partial charge >= 0.3 is 5.97 Å². The predicted molar refractivity (Wildman–Crippen MR) is 44.7 cm³/mol. The molecule has 0 aromatic rings. The molecule has 0 aromatic heterocycles. The normalized spacial score (nSPS) is 11.9. The third-order valence-corrected chi connectivity index (χ3v) is 1.58. The molecule has 4 nitrogen and oxygen atoms in total. The molecule has 0 saturated carbocycles. The molecule has 0 aliphatic heterocycles. The number of rotatable bonds is 4. The summed E-state index contributed by atoms with van der Waals surface area (Å²) in [4.78, 5) is 21.2. The average molecular weight is 171 g/mol. The van der Waals surface area contributed by atoms with E-state index in [1.807, 2.05) is 0 Å². The van der Waals surface area contributed by atoms with Crippen LogP contribution in [0.2, 0.25) is 0 Å². The van der Waals surface area contributed by atoms with Gasteiger partial charge in [0.05, 0.1) is 6.42 Å². The van der Waals surface area contributed by atoms with Crippen LogP contribution >= 0.6 is 0 Å². The molecule has 0 saturated heterocycles. The van der Waals surface area contributed by atoms with E-state index >= 15 is 0 Å². The minimum Gasteiger partial charge on any atom is -0.481 e. The van der Waals surface area contributed by atoms with Crippen LogP contribution in [0.25, 0.3) is 0 Å². The van der Waals surface area contributed by atoms with E-state index in [4.69, 9.17) is 5.11 Å². The number of allylic oxidation sites excluding steroid dienone is 1. The molecule has 0 amide bonds. The van der Waals surface area contributed by atoms with Gasteiger partial charge in [0.1, 0.15) is 0 Å². The highest BCUT2D eigenvalue weighted by Gasteiger charge is 2.11. The molecule has 0 aliphatic carbocycles. The number of ketones is 1. The highest BCUT2D eigenvalue weighted by atomic mass is 16.4. The summed E-state index contributed by atoms with van der Waals surface area (Å²) in [7, 11) is 1.65. The molecule has 0 atom stereocenters. The lowest BCUT2D eigenvalue weighted by molar-refractivity contribution is -0.136. The summed E-state index contributed by atoms with van der Waals surface area (Å²) < 4.78 is 0. The zero-order valence-electron chi connectivity index (χ0n) is 7.47. The number of carbonyl (C=O) groups excluding carboxylic acids is 1. The lowest BCUT2D eigenvalue weighted by Gasteiger charge is -2.05. The topological polar surface area (TPSA) is 66.4 Å². The van der Waals surface area contributed by atoms with Gasteiger partial charge in [-0.3, -0.25) is 9.59 Å². The average Bonchev–Trinajstić information content (AvgIpc) is 1.98. The fraction of sp³-hybridized carbons (Fsp3) is 0.500. The SMILES string of the molecule is CNC(C)=C(CC(=O)O)C(C)=O. The predicted octanol–water partition coefficient (Wildman–Crippen LogP) is 0.544. The van der Waals surface area contributed by atoms with Crippen molar-refractivity contribution in [2.24, 2.45) is 0 Å². The van der Waals surface area contributed by atoms with Gasteiger partial charge in [-0.2, -0.15) is 0 Å². The number of hydrogen-bond donors (Lipinski definition) is 2. The second kappa shape index (κ2) is 4.54. The first-order valence-corrected chi connectivity index (χ1v) is 3.59. The Balaban J connectivity index is 4.66. The molecular formula is C8H13NO3. The molecule has 0 aromatic carbocycles. The number of hydrogen-bond acceptors (Lipinski definition) is 3. The second-order valence-electron chi connectivity index (χ2n) is 2.48. The number of carboxylic acid groups (broad SMARTS) is 1. The Morgan fingerprint density at radius 2 is 1.83 bits per heavy atom. The molecule has 0 heterocycles.